The molecule has 1 aliphatic rings. The second-order valence-corrected chi connectivity index (χ2v) is 5.24. The van der Waals surface area contributed by atoms with Gasteiger partial charge in [-0.15, -0.1) is 0 Å². The molecule has 1 heterocycles. The molecule has 0 saturated heterocycles. The lowest BCUT2D eigenvalue weighted by molar-refractivity contribution is -0.116. The molecule has 122 valence electrons. The highest BCUT2D eigenvalue weighted by Gasteiger charge is 1.98. The first kappa shape index (κ1) is 18.7. The molecule has 1 aliphatic heterocycles. The van der Waals surface area contributed by atoms with E-state index in [-0.39, 0.29) is 11.8 Å². The van der Waals surface area contributed by atoms with Crippen LogP contribution in [0.5, 0.6) is 0 Å². The normalized spacial score (nSPS) is 33.6. The van der Waals surface area contributed by atoms with E-state index in [1.54, 1.807) is 18.2 Å². The van der Waals surface area contributed by atoms with Crippen molar-refractivity contribution in [2.24, 2.45) is 5.92 Å². The molecule has 0 aromatic rings. The third-order valence-corrected chi connectivity index (χ3v) is 3.02. The monoisotopic (exact) mass is 311 g/mol. The number of carbonyl (C=O) groups excluding carboxylic acids is 1. The van der Waals surface area contributed by atoms with E-state index in [9.17, 15) is 9.90 Å². The van der Waals surface area contributed by atoms with Crippen LogP contribution in [0.25, 0.3) is 0 Å². The lowest BCUT2D eigenvalue weighted by Crippen LogP contribution is -2.25. The van der Waals surface area contributed by atoms with Crippen LogP contribution in [0, 0.1) is 5.92 Å². The Hall–Kier alpha value is -2.39. The molecule has 2 atom stereocenters. The first-order valence-corrected chi connectivity index (χ1v) is 7.82. The van der Waals surface area contributed by atoms with E-state index in [1.165, 1.54) is 6.08 Å². The summed E-state index contributed by atoms with van der Waals surface area (Å²) in [5.74, 6) is 0.160. The molecular weight excluding hydrogens is 286 g/mol. The number of hydrogen-bond acceptors (Lipinski definition) is 2. The first-order chi connectivity index (χ1) is 11.2. The largest absolute Gasteiger partial charge is 0.389 e. The van der Waals surface area contributed by atoms with E-state index < -0.39 is 6.10 Å². The van der Waals surface area contributed by atoms with Gasteiger partial charge in [0.15, 0.2) is 0 Å². The van der Waals surface area contributed by atoms with Gasteiger partial charge in [-0.2, -0.15) is 0 Å². The lowest BCUT2D eigenvalue weighted by Gasteiger charge is -2.05. The smallest absolute Gasteiger partial charge is 0.243 e. The van der Waals surface area contributed by atoms with Gasteiger partial charge in [0, 0.05) is 12.6 Å². The van der Waals surface area contributed by atoms with E-state index in [1.807, 2.05) is 67.7 Å². The van der Waals surface area contributed by atoms with Gasteiger partial charge in [-0.25, -0.2) is 0 Å². The quantitative estimate of drug-likeness (QED) is 0.720. The van der Waals surface area contributed by atoms with Crippen molar-refractivity contribution in [2.75, 3.05) is 6.54 Å². The molecular formula is C20H25NO2. The summed E-state index contributed by atoms with van der Waals surface area (Å²) in [5.41, 5.74) is 0. The number of aliphatic hydroxyl groups excluding tert-OH is 1. The minimum atomic E-state index is -0.499. The summed E-state index contributed by atoms with van der Waals surface area (Å²) in [6.45, 7) is 2.65. The number of allylic oxidation sites excluding steroid dienone is 10. The van der Waals surface area contributed by atoms with Gasteiger partial charge < -0.3 is 10.4 Å². The van der Waals surface area contributed by atoms with Gasteiger partial charge in [0.2, 0.25) is 5.91 Å². The summed E-state index contributed by atoms with van der Waals surface area (Å²) in [7, 11) is 0. The van der Waals surface area contributed by atoms with Gasteiger partial charge in [0.1, 0.15) is 0 Å². The molecule has 0 fully saturated rings. The molecule has 0 aromatic carbocycles. The van der Waals surface area contributed by atoms with E-state index in [0.717, 1.165) is 0 Å². The molecule has 2 N–H and O–H groups in total. The van der Waals surface area contributed by atoms with Crippen molar-refractivity contribution < 1.29 is 9.90 Å². The molecule has 0 aromatic heterocycles. The van der Waals surface area contributed by atoms with E-state index >= 15 is 0 Å². The molecule has 3 nitrogen and oxygen atoms in total. The number of aliphatic hydroxyl groups is 1. The van der Waals surface area contributed by atoms with E-state index in [2.05, 4.69) is 5.32 Å². The molecule has 0 radical (unpaired) electrons. The Balaban J connectivity index is 2.70. The maximum Gasteiger partial charge on any atom is 0.243 e. The summed E-state index contributed by atoms with van der Waals surface area (Å²) in [6.07, 6.45) is 25.8. The average molecular weight is 311 g/mol. The van der Waals surface area contributed by atoms with Crippen molar-refractivity contribution in [3.8, 4) is 0 Å². The molecule has 0 spiro atoms. The summed E-state index contributed by atoms with van der Waals surface area (Å²) in [6, 6.07) is 0. The number of rotatable bonds is 0. The van der Waals surface area contributed by atoms with Crippen LogP contribution in [0.1, 0.15) is 13.3 Å². The fourth-order valence-electron chi connectivity index (χ4n) is 1.74. The second-order valence-electron chi connectivity index (χ2n) is 5.24. The van der Waals surface area contributed by atoms with Gasteiger partial charge >= 0.3 is 0 Å². The molecule has 1 rings (SSSR count). The lowest BCUT2D eigenvalue weighted by atomic mass is 10.1. The SMILES string of the molecule is CC1/C=C/C=C\C=C/C=C/C(O)C\C=C/C=C\C=C\C(=O)NC1. The number of carbonyl (C=O) groups is 1. The van der Waals surface area contributed by atoms with Gasteiger partial charge in [-0.1, -0.05) is 85.9 Å². The Morgan fingerprint density at radius 1 is 0.913 bits per heavy atom. The van der Waals surface area contributed by atoms with Crippen LogP contribution < -0.4 is 5.32 Å². The molecule has 0 aliphatic carbocycles. The Morgan fingerprint density at radius 3 is 2.30 bits per heavy atom. The van der Waals surface area contributed by atoms with Crippen molar-refractivity contribution in [3.05, 3.63) is 85.1 Å². The molecule has 3 heteroatoms. The van der Waals surface area contributed by atoms with Crippen LogP contribution in [0.2, 0.25) is 0 Å². The Morgan fingerprint density at radius 2 is 1.52 bits per heavy atom. The van der Waals surface area contributed by atoms with Crippen LogP contribution in [-0.2, 0) is 4.79 Å². The summed E-state index contributed by atoms with van der Waals surface area (Å²) in [4.78, 5) is 11.6. The second kappa shape index (κ2) is 12.2. The van der Waals surface area contributed by atoms with Crippen molar-refractivity contribution >= 4 is 5.91 Å². The highest BCUT2D eigenvalue weighted by Crippen LogP contribution is 1.98. The first-order valence-electron chi connectivity index (χ1n) is 7.82. The van der Waals surface area contributed by atoms with Crippen LogP contribution >= 0.6 is 0 Å². The van der Waals surface area contributed by atoms with Crippen LogP contribution in [0.4, 0.5) is 0 Å². The molecule has 2 unspecified atom stereocenters. The van der Waals surface area contributed by atoms with Crippen molar-refractivity contribution in [1.82, 2.24) is 5.32 Å². The highest BCUT2D eigenvalue weighted by atomic mass is 16.3. The zero-order valence-electron chi connectivity index (χ0n) is 13.5. The van der Waals surface area contributed by atoms with Crippen molar-refractivity contribution in [2.45, 2.75) is 19.4 Å². The van der Waals surface area contributed by atoms with Crippen molar-refractivity contribution in [3.63, 3.8) is 0 Å². The maximum absolute atomic E-state index is 11.6. The van der Waals surface area contributed by atoms with Crippen LogP contribution in [0.3, 0.4) is 0 Å². The summed E-state index contributed by atoms with van der Waals surface area (Å²) >= 11 is 0. The van der Waals surface area contributed by atoms with Crippen LogP contribution in [-0.4, -0.2) is 23.7 Å². The Kier molecular flexibility index (Phi) is 9.88. The minimum Gasteiger partial charge on any atom is -0.389 e. The fourth-order valence-corrected chi connectivity index (χ4v) is 1.74. The third-order valence-electron chi connectivity index (χ3n) is 3.02. The fraction of sp³-hybridized carbons (Fsp3) is 0.250. The molecule has 0 bridgehead atoms. The average Bonchev–Trinajstić information content (AvgIpc) is 2.53. The van der Waals surface area contributed by atoms with E-state index in [4.69, 9.17) is 0 Å². The van der Waals surface area contributed by atoms with Gasteiger partial charge in [0.25, 0.3) is 0 Å². The van der Waals surface area contributed by atoms with Gasteiger partial charge in [0.05, 0.1) is 6.10 Å². The zero-order valence-corrected chi connectivity index (χ0v) is 13.5. The van der Waals surface area contributed by atoms with Gasteiger partial charge in [-0.05, 0) is 12.3 Å². The Bertz CT molecular complexity index is 548. The van der Waals surface area contributed by atoms with Gasteiger partial charge in [-0.3, -0.25) is 4.79 Å². The number of hydrogen-bond donors (Lipinski definition) is 2. The standard InChI is InChI=1S/C20H25NO2/c1-18-13-9-5-2-3-6-10-14-19(22)15-11-7-4-8-12-16-20(23)21-17-18/h2-14,16,18-19,22H,15,17H2,1H3,(H,21,23)/b5-2-,6-3-,8-4-,11-7-,13-9+,14-10+,16-12+. The van der Waals surface area contributed by atoms with E-state index in [0.29, 0.717) is 13.0 Å². The molecule has 0 saturated carbocycles. The van der Waals surface area contributed by atoms with Crippen molar-refractivity contribution in [1.29, 1.82) is 0 Å². The molecule has 23 heavy (non-hydrogen) atoms. The highest BCUT2D eigenvalue weighted by molar-refractivity contribution is 5.87. The minimum absolute atomic E-state index is 0.104. The molecule has 1 amide bonds. The Labute approximate surface area is 138 Å². The van der Waals surface area contributed by atoms with Crippen LogP contribution in [0.15, 0.2) is 85.1 Å². The number of nitrogens with one attached hydrogen (secondary N) is 1. The summed E-state index contributed by atoms with van der Waals surface area (Å²) < 4.78 is 0. The third kappa shape index (κ3) is 10.9. The maximum atomic E-state index is 11.6. The predicted octanol–water partition coefficient (Wildman–Crippen LogP) is 3.40. The predicted molar refractivity (Wildman–Crippen MR) is 96.8 cm³/mol. The zero-order chi connectivity index (χ0) is 16.8. The topological polar surface area (TPSA) is 49.3 Å². The summed E-state index contributed by atoms with van der Waals surface area (Å²) in [5, 5.41) is 12.6. The number of amides is 1.